The molecule has 0 radical (unpaired) electrons. The van der Waals surface area contributed by atoms with Crippen molar-refractivity contribution in [3.8, 4) is 5.75 Å². The monoisotopic (exact) mass is 340 g/mol. The summed E-state index contributed by atoms with van der Waals surface area (Å²) in [7, 11) is 2.97. The molecule has 4 nitrogen and oxygen atoms in total. The van der Waals surface area contributed by atoms with Gasteiger partial charge in [0.2, 0.25) is 0 Å². The molecular weight excluding hydrogens is 324 g/mol. The lowest BCUT2D eigenvalue weighted by Crippen LogP contribution is -2.02. The third-order valence-corrected chi connectivity index (χ3v) is 4.82. The SMILES string of the molecule is COC(=O)c1ccc(Cc2cc(=O)c3ccc(OC)cc3s2)cc1. The van der Waals surface area contributed by atoms with Gasteiger partial charge < -0.3 is 9.47 Å². The molecule has 0 aliphatic rings. The Morgan fingerprint density at radius 1 is 1.04 bits per heavy atom. The van der Waals surface area contributed by atoms with Gasteiger partial charge in [0.05, 0.1) is 19.8 Å². The second-order valence-corrected chi connectivity index (χ2v) is 6.47. The Morgan fingerprint density at radius 2 is 1.79 bits per heavy atom. The summed E-state index contributed by atoms with van der Waals surface area (Å²) in [6, 6.07) is 14.4. The minimum atomic E-state index is -0.357. The molecule has 5 heteroatoms. The van der Waals surface area contributed by atoms with Gasteiger partial charge in [-0.2, -0.15) is 0 Å². The van der Waals surface area contributed by atoms with E-state index in [-0.39, 0.29) is 11.4 Å². The number of fused-ring (bicyclic) bond motifs is 1. The maximum absolute atomic E-state index is 12.3. The first-order chi connectivity index (χ1) is 11.6. The van der Waals surface area contributed by atoms with Crippen LogP contribution in [0.3, 0.4) is 0 Å². The van der Waals surface area contributed by atoms with Gasteiger partial charge in [0.25, 0.3) is 0 Å². The molecule has 1 aromatic heterocycles. The fraction of sp³-hybridized carbons (Fsp3) is 0.158. The molecule has 0 unspecified atom stereocenters. The van der Waals surface area contributed by atoms with E-state index in [2.05, 4.69) is 0 Å². The van der Waals surface area contributed by atoms with E-state index in [1.807, 2.05) is 18.2 Å². The van der Waals surface area contributed by atoms with E-state index in [1.54, 1.807) is 48.8 Å². The molecule has 1 heterocycles. The average molecular weight is 340 g/mol. The number of methoxy groups -OCH3 is 2. The molecule has 122 valence electrons. The summed E-state index contributed by atoms with van der Waals surface area (Å²) in [5, 5.41) is 0.700. The lowest BCUT2D eigenvalue weighted by atomic mass is 10.1. The number of benzene rings is 2. The number of ether oxygens (including phenoxy) is 2. The molecule has 0 fully saturated rings. The van der Waals surface area contributed by atoms with Crippen LogP contribution in [0.2, 0.25) is 0 Å². The van der Waals surface area contributed by atoms with Gasteiger partial charge in [0.1, 0.15) is 5.75 Å². The molecule has 3 aromatic rings. The number of esters is 1. The zero-order valence-electron chi connectivity index (χ0n) is 13.4. The van der Waals surface area contributed by atoms with E-state index < -0.39 is 0 Å². The summed E-state index contributed by atoms with van der Waals surface area (Å²) in [5.74, 6) is 0.377. The highest BCUT2D eigenvalue weighted by Crippen LogP contribution is 2.25. The van der Waals surface area contributed by atoms with Crippen LogP contribution in [0.25, 0.3) is 10.1 Å². The van der Waals surface area contributed by atoms with Gasteiger partial charge in [-0.1, -0.05) is 12.1 Å². The quantitative estimate of drug-likeness (QED) is 0.680. The number of hydrogen-bond donors (Lipinski definition) is 0. The Morgan fingerprint density at radius 3 is 2.46 bits per heavy atom. The van der Waals surface area contributed by atoms with Crippen molar-refractivity contribution in [3.05, 3.63) is 74.8 Å². The van der Waals surface area contributed by atoms with Crippen LogP contribution in [-0.4, -0.2) is 20.2 Å². The topological polar surface area (TPSA) is 52.6 Å². The number of hydrogen-bond acceptors (Lipinski definition) is 5. The molecule has 0 saturated carbocycles. The third kappa shape index (κ3) is 3.31. The van der Waals surface area contributed by atoms with Crippen LogP contribution in [0.1, 0.15) is 20.8 Å². The zero-order chi connectivity index (χ0) is 17.1. The summed E-state index contributed by atoms with van der Waals surface area (Å²) >= 11 is 1.57. The Balaban J connectivity index is 1.92. The second kappa shape index (κ2) is 6.84. The van der Waals surface area contributed by atoms with Gasteiger partial charge in [-0.05, 0) is 42.0 Å². The zero-order valence-corrected chi connectivity index (χ0v) is 14.2. The van der Waals surface area contributed by atoms with E-state index in [1.165, 1.54) is 7.11 Å². The molecular formula is C19H16O4S. The lowest BCUT2D eigenvalue weighted by molar-refractivity contribution is 0.0600. The van der Waals surface area contributed by atoms with Crippen LogP contribution in [0.15, 0.2) is 53.3 Å². The molecule has 0 spiro atoms. The third-order valence-electron chi connectivity index (χ3n) is 3.74. The predicted molar refractivity (Wildman–Crippen MR) is 95.2 cm³/mol. The second-order valence-electron chi connectivity index (χ2n) is 5.30. The maximum atomic E-state index is 12.3. The molecule has 0 amide bonds. The molecule has 0 atom stereocenters. The van der Waals surface area contributed by atoms with Gasteiger partial charge >= 0.3 is 5.97 Å². The van der Waals surface area contributed by atoms with Crippen molar-refractivity contribution in [2.45, 2.75) is 6.42 Å². The highest BCUT2D eigenvalue weighted by molar-refractivity contribution is 7.18. The van der Waals surface area contributed by atoms with Crippen molar-refractivity contribution < 1.29 is 14.3 Å². The van der Waals surface area contributed by atoms with Crippen molar-refractivity contribution >= 4 is 27.4 Å². The minimum absolute atomic E-state index is 0.00702. The number of rotatable bonds is 4. The van der Waals surface area contributed by atoms with Crippen LogP contribution in [0, 0.1) is 0 Å². The van der Waals surface area contributed by atoms with E-state index >= 15 is 0 Å². The van der Waals surface area contributed by atoms with Crippen molar-refractivity contribution in [3.63, 3.8) is 0 Å². The first kappa shape index (κ1) is 16.2. The first-order valence-corrected chi connectivity index (χ1v) is 8.20. The smallest absolute Gasteiger partial charge is 0.337 e. The molecule has 0 aliphatic heterocycles. The first-order valence-electron chi connectivity index (χ1n) is 7.39. The number of carbonyl (C=O) groups is 1. The van der Waals surface area contributed by atoms with Gasteiger partial charge in [0, 0.05) is 21.4 Å². The lowest BCUT2D eigenvalue weighted by Gasteiger charge is -2.06. The Bertz CT molecular complexity index is 942. The van der Waals surface area contributed by atoms with Crippen LogP contribution in [0.5, 0.6) is 5.75 Å². The maximum Gasteiger partial charge on any atom is 0.337 e. The summed E-state index contributed by atoms with van der Waals surface area (Å²) < 4.78 is 10.8. The predicted octanol–water partition coefficient (Wildman–Crippen LogP) is 3.65. The van der Waals surface area contributed by atoms with Gasteiger partial charge in [-0.15, -0.1) is 11.3 Å². The van der Waals surface area contributed by atoms with Crippen molar-refractivity contribution in [1.29, 1.82) is 0 Å². The molecule has 2 aromatic carbocycles. The summed E-state index contributed by atoms with van der Waals surface area (Å²) in [6.45, 7) is 0. The Kier molecular flexibility index (Phi) is 4.62. The van der Waals surface area contributed by atoms with Crippen molar-refractivity contribution in [2.24, 2.45) is 0 Å². The highest BCUT2D eigenvalue weighted by atomic mass is 32.1. The molecule has 0 N–H and O–H groups in total. The Hall–Kier alpha value is -2.66. The van der Waals surface area contributed by atoms with Crippen LogP contribution < -0.4 is 10.2 Å². The average Bonchev–Trinajstić information content (AvgIpc) is 2.61. The highest BCUT2D eigenvalue weighted by Gasteiger charge is 2.07. The van der Waals surface area contributed by atoms with E-state index in [9.17, 15) is 9.59 Å². The van der Waals surface area contributed by atoms with E-state index in [4.69, 9.17) is 9.47 Å². The molecule has 0 aliphatic carbocycles. The summed E-state index contributed by atoms with van der Waals surface area (Å²) in [6.07, 6.45) is 0.633. The van der Waals surface area contributed by atoms with Crippen LogP contribution in [0.4, 0.5) is 0 Å². The van der Waals surface area contributed by atoms with Crippen LogP contribution in [-0.2, 0) is 11.2 Å². The van der Waals surface area contributed by atoms with Crippen LogP contribution >= 0.6 is 11.3 Å². The fourth-order valence-electron chi connectivity index (χ4n) is 2.48. The minimum Gasteiger partial charge on any atom is -0.497 e. The largest absolute Gasteiger partial charge is 0.497 e. The number of carbonyl (C=O) groups excluding carboxylic acids is 1. The standard InChI is InChI=1S/C19H16O4S/c1-22-14-7-8-16-17(20)11-15(24-18(16)10-14)9-12-3-5-13(6-4-12)19(21)23-2/h3-8,10-11H,9H2,1-2H3. The normalized spacial score (nSPS) is 10.6. The molecule has 0 bridgehead atoms. The van der Waals surface area contributed by atoms with E-state index in [0.29, 0.717) is 17.4 Å². The summed E-state index contributed by atoms with van der Waals surface area (Å²) in [4.78, 5) is 24.7. The van der Waals surface area contributed by atoms with Crippen molar-refractivity contribution in [2.75, 3.05) is 14.2 Å². The molecule has 24 heavy (non-hydrogen) atoms. The molecule has 3 rings (SSSR count). The van der Waals surface area contributed by atoms with Gasteiger partial charge in [0.15, 0.2) is 5.43 Å². The fourth-order valence-corrected chi connectivity index (χ4v) is 3.62. The van der Waals surface area contributed by atoms with Gasteiger partial charge in [-0.3, -0.25) is 4.79 Å². The van der Waals surface area contributed by atoms with E-state index in [0.717, 1.165) is 20.9 Å². The van der Waals surface area contributed by atoms with Gasteiger partial charge in [-0.25, -0.2) is 4.79 Å². The Labute approximate surface area is 143 Å². The summed E-state index contributed by atoms with van der Waals surface area (Å²) in [5.41, 5.74) is 1.55. The molecule has 0 saturated heterocycles. The van der Waals surface area contributed by atoms with Crippen molar-refractivity contribution in [1.82, 2.24) is 0 Å².